The van der Waals surface area contributed by atoms with Gasteiger partial charge in [-0.3, -0.25) is 9.59 Å². The van der Waals surface area contributed by atoms with E-state index >= 15 is 0 Å². The maximum atomic E-state index is 13.6. The molecule has 0 unspecified atom stereocenters. The second kappa shape index (κ2) is 11.6. The largest absolute Gasteiger partial charge is 0.351 e. The van der Waals surface area contributed by atoms with Crippen LogP contribution in [0.1, 0.15) is 40.1 Å². The highest BCUT2D eigenvalue weighted by atomic mass is 32.2. The summed E-state index contributed by atoms with van der Waals surface area (Å²) in [7, 11) is -1.64. The van der Waals surface area contributed by atoms with Crippen molar-refractivity contribution in [3.05, 3.63) is 89.2 Å². The number of anilines is 1. The molecule has 3 aromatic carbocycles. The van der Waals surface area contributed by atoms with Gasteiger partial charge in [-0.1, -0.05) is 24.3 Å². The third-order valence-electron chi connectivity index (χ3n) is 5.66. The van der Waals surface area contributed by atoms with Gasteiger partial charge < -0.3 is 19.7 Å². The molecule has 0 saturated carbocycles. The molecule has 36 heavy (non-hydrogen) atoms. The molecule has 9 heteroatoms. The Morgan fingerprint density at radius 2 is 1.69 bits per heavy atom. The Morgan fingerprint density at radius 3 is 2.39 bits per heavy atom. The summed E-state index contributed by atoms with van der Waals surface area (Å²) >= 11 is 0. The number of carbonyl (C=O) groups excluding carboxylic acids is 2. The van der Waals surface area contributed by atoms with Gasteiger partial charge >= 0.3 is 0 Å². The smallest absolute Gasteiger partial charge is 0.259 e. The molecule has 188 valence electrons. The Bertz CT molecular complexity index is 1280. The Balaban J connectivity index is 1.71. The molecule has 7 nitrogen and oxygen atoms in total. The molecule has 4 rings (SSSR count). The number of carbonyl (C=O) groups is 2. The molecule has 3 aromatic rings. The molecule has 0 aromatic heterocycles. The molecular formula is C27H27FN2O5S. The molecule has 1 heterocycles. The van der Waals surface area contributed by atoms with Gasteiger partial charge in [0, 0.05) is 18.8 Å². The van der Waals surface area contributed by atoms with Gasteiger partial charge in [-0.2, -0.15) is 0 Å². The fraction of sp³-hybridized carbons (Fsp3) is 0.259. The van der Waals surface area contributed by atoms with E-state index in [2.05, 4.69) is 5.32 Å². The van der Waals surface area contributed by atoms with Gasteiger partial charge in [0.15, 0.2) is 6.29 Å². The Kier molecular flexibility index (Phi) is 8.25. The van der Waals surface area contributed by atoms with Gasteiger partial charge in [0.2, 0.25) is 0 Å². The minimum Gasteiger partial charge on any atom is -0.351 e. The van der Waals surface area contributed by atoms with Crippen LogP contribution in [0.2, 0.25) is 0 Å². The molecule has 0 fully saturated rings. The van der Waals surface area contributed by atoms with E-state index in [9.17, 15) is 18.2 Å². The van der Waals surface area contributed by atoms with Crippen molar-refractivity contribution >= 4 is 28.3 Å². The Labute approximate surface area is 211 Å². The average molecular weight is 511 g/mol. The first-order chi connectivity index (χ1) is 17.4. The minimum absolute atomic E-state index is 0.111. The van der Waals surface area contributed by atoms with Crippen LogP contribution in [-0.4, -0.2) is 42.1 Å². The summed E-state index contributed by atoms with van der Waals surface area (Å²) in [5, 5.41) is 2.79. The van der Waals surface area contributed by atoms with Crippen LogP contribution in [0.5, 0.6) is 0 Å². The molecular weight excluding hydrogens is 483 g/mol. The number of fused-ring (bicyclic) bond motifs is 2. The van der Waals surface area contributed by atoms with E-state index in [-0.39, 0.29) is 30.7 Å². The highest BCUT2D eigenvalue weighted by molar-refractivity contribution is 7.85. The zero-order valence-corrected chi connectivity index (χ0v) is 20.8. The quantitative estimate of drug-likeness (QED) is 0.435. The van der Waals surface area contributed by atoms with Crippen molar-refractivity contribution in [1.82, 2.24) is 5.32 Å². The van der Waals surface area contributed by atoms with Crippen molar-refractivity contribution < 1.29 is 27.7 Å². The molecule has 2 amide bonds. The topological polar surface area (TPSA) is 84.9 Å². The second-order valence-corrected chi connectivity index (χ2v) is 9.43. The summed E-state index contributed by atoms with van der Waals surface area (Å²) in [6.07, 6.45) is -0.580. The second-order valence-electron chi connectivity index (χ2n) is 8.02. The van der Waals surface area contributed by atoms with Crippen LogP contribution in [0, 0.1) is 5.82 Å². The van der Waals surface area contributed by atoms with E-state index in [0.29, 0.717) is 45.4 Å². The third kappa shape index (κ3) is 5.53. The summed E-state index contributed by atoms with van der Waals surface area (Å²) in [5.41, 5.74) is 1.65. The number of amides is 2. The first kappa shape index (κ1) is 25.7. The maximum absolute atomic E-state index is 13.6. The molecule has 1 aliphatic rings. The van der Waals surface area contributed by atoms with Crippen LogP contribution in [-0.2, 0) is 26.8 Å². The average Bonchev–Trinajstić information content (AvgIpc) is 2.98. The zero-order valence-electron chi connectivity index (χ0n) is 20.0. The molecule has 0 aliphatic carbocycles. The van der Waals surface area contributed by atoms with E-state index in [0.717, 1.165) is 0 Å². The number of nitrogens with one attached hydrogen (secondary N) is 1. The lowest BCUT2D eigenvalue weighted by Crippen LogP contribution is -2.35. The first-order valence-electron chi connectivity index (χ1n) is 11.7. The van der Waals surface area contributed by atoms with Gasteiger partial charge in [0.1, 0.15) is 5.82 Å². The van der Waals surface area contributed by atoms with Crippen molar-refractivity contribution in [2.45, 2.75) is 36.5 Å². The zero-order chi connectivity index (χ0) is 25.7. The number of rotatable bonds is 9. The van der Waals surface area contributed by atoms with E-state index in [4.69, 9.17) is 9.47 Å². The minimum atomic E-state index is -1.64. The first-order valence-corrected chi connectivity index (χ1v) is 12.8. The van der Waals surface area contributed by atoms with E-state index in [1.54, 1.807) is 54.6 Å². The van der Waals surface area contributed by atoms with E-state index in [1.807, 2.05) is 13.8 Å². The maximum Gasteiger partial charge on any atom is 0.259 e. The summed E-state index contributed by atoms with van der Waals surface area (Å²) in [4.78, 5) is 28.9. The van der Waals surface area contributed by atoms with Gasteiger partial charge in [-0.25, -0.2) is 8.60 Å². The number of halogens is 1. The molecule has 1 N–H and O–H groups in total. The predicted octanol–water partition coefficient (Wildman–Crippen LogP) is 4.28. The van der Waals surface area contributed by atoms with E-state index < -0.39 is 17.1 Å². The molecule has 1 aliphatic heterocycles. The van der Waals surface area contributed by atoms with Gasteiger partial charge in [-0.15, -0.1) is 0 Å². The van der Waals surface area contributed by atoms with Crippen molar-refractivity contribution in [3.63, 3.8) is 0 Å². The highest BCUT2D eigenvalue weighted by Gasteiger charge is 2.31. The lowest BCUT2D eigenvalue weighted by atomic mass is 10.1. The summed E-state index contributed by atoms with van der Waals surface area (Å²) in [6.45, 7) is 4.81. The van der Waals surface area contributed by atoms with Crippen LogP contribution in [0.3, 0.4) is 0 Å². The molecule has 0 saturated heterocycles. The predicted molar refractivity (Wildman–Crippen MR) is 134 cm³/mol. The SMILES string of the molecule is CCOC(CNC(=O)c1ccc2c(c1)N(Cc1ccc(F)cc1)C(=O)c1ccccc1[S@]2=O)OCC. The van der Waals surface area contributed by atoms with Gasteiger partial charge in [-0.05, 0) is 61.9 Å². The summed E-state index contributed by atoms with van der Waals surface area (Å²) in [6, 6.07) is 17.3. The van der Waals surface area contributed by atoms with Crippen molar-refractivity contribution in [2.75, 3.05) is 24.7 Å². The third-order valence-corrected chi connectivity index (χ3v) is 7.16. The lowest BCUT2D eigenvalue weighted by molar-refractivity contribution is -0.131. The van der Waals surface area contributed by atoms with E-state index in [1.165, 1.54) is 17.0 Å². The van der Waals surface area contributed by atoms with Crippen LogP contribution < -0.4 is 10.2 Å². The number of ether oxygens (including phenoxy) is 2. The normalized spacial score (nSPS) is 14.8. The number of hydrogen-bond donors (Lipinski definition) is 1. The molecule has 0 spiro atoms. The van der Waals surface area contributed by atoms with Crippen LogP contribution >= 0.6 is 0 Å². The molecule has 0 radical (unpaired) electrons. The van der Waals surface area contributed by atoms with Crippen molar-refractivity contribution in [2.24, 2.45) is 0 Å². The fourth-order valence-electron chi connectivity index (χ4n) is 3.95. The van der Waals surface area contributed by atoms with Crippen molar-refractivity contribution in [3.8, 4) is 0 Å². The van der Waals surface area contributed by atoms with Crippen molar-refractivity contribution in [1.29, 1.82) is 0 Å². The van der Waals surface area contributed by atoms with Crippen LogP contribution in [0.15, 0.2) is 76.5 Å². The standard InChI is InChI=1S/C27H27FN2O5S/c1-3-34-25(35-4-2)16-29-26(31)19-11-14-24-22(15-19)30(17-18-9-12-20(28)13-10-18)27(32)21-7-5-6-8-23(21)36(24)33/h5-15,25H,3-4,16-17H2,1-2H3,(H,29,31)/t36-/m1/s1. The van der Waals surface area contributed by atoms with Gasteiger partial charge in [0.05, 0.1) is 44.9 Å². The number of benzene rings is 3. The fourth-order valence-corrected chi connectivity index (χ4v) is 5.29. The van der Waals surface area contributed by atoms with Gasteiger partial charge in [0.25, 0.3) is 11.8 Å². The Hall–Kier alpha value is -3.40. The highest BCUT2D eigenvalue weighted by Crippen LogP contribution is 2.36. The number of hydrogen-bond acceptors (Lipinski definition) is 5. The summed E-state index contributed by atoms with van der Waals surface area (Å²) in [5.74, 6) is -1.12. The molecule has 0 bridgehead atoms. The monoisotopic (exact) mass is 510 g/mol. The molecule has 1 atom stereocenters. The van der Waals surface area contributed by atoms with Crippen LogP contribution in [0.4, 0.5) is 10.1 Å². The Morgan fingerprint density at radius 1 is 1.00 bits per heavy atom. The summed E-state index contributed by atoms with van der Waals surface area (Å²) < 4.78 is 37.9. The number of nitrogens with zero attached hydrogens (tertiary/aromatic N) is 1. The van der Waals surface area contributed by atoms with Crippen LogP contribution in [0.25, 0.3) is 0 Å². The lowest BCUT2D eigenvalue weighted by Gasteiger charge is -2.24.